The molecule has 2 N–H and O–H groups in total. The summed E-state index contributed by atoms with van der Waals surface area (Å²) in [4.78, 5) is 16.3. The highest BCUT2D eigenvalue weighted by molar-refractivity contribution is 7.89. The molecule has 1 amide bonds. The van der Waals surface area contributed by atoms with Crippen molar-refractivity contribution in [2.45, 2.75) is 71.0 Å². The summed E-state index contributed by atoms with van der Waals surface area (Å²) >= 11 is 1.76. The van der Waals surface area contributed by atoms with Crippen molar-refractivity contribution in [2.75, 3.05) is 18.8 Å². The number of para-hydroxylation sites is 1. The summed E-state index contributed by atoms with van der Waals surface area (Å²) in [6.07, 6.45) is 6.16. The Kier molecular flexibility index (Phi) is 7.02. The van der Waals surface area contributed by atoms with E-state index in [1.165, 1.54) is 17.7 Å². The molecule has 2 aliphatic heterocycles. The lowest BCUT2D eigenvalue weighted by Crippen LogP contribution is -2.38. The molecule has 9 heteroatoms. The maximum Gasteiger partial charge on any atom is 0.250 e. The van der Waals surface area contributed by atoms with Gasteiger partial charge in [-0.25, -0.2) is 12.7 Å². The maximum absolute atomic E-state index is 12.4. The van der Waals surface area contributed by atoms with Crippen LogP contribution in [0.5, 0.6) is 0 Å². The number of hydrogen-bond donors (Lipinski definition) is 1. The first kappa shape index (κ1) is 25.4. The predicted molar refractivity (Wildman–Crippen MR) is 146 cm³/mol. The van der Waals surface area contributed by atoms with E-state index in [-0.39, 0.29) is 11.7 Å². The van der Waals surface area contributed by atoms with E-state index < -0.39 is 15.9 Å². The standard InChI is InChI=1S/C27H36N4O3S2/c1-4-36(33,34)29-12-10-20(11-13-29)25-16-31(26-23(25)6-5-7-24(26)27(28)32)21-14-22(35-17-21)15-30-18(2)8-9-19(30)3/h5-7,14,16-20H,4,8-13,15H2,1-3H3,(H2,28,32)/t18-,19-/m1/s1. The summed E-state index contributed by atoms with van der Waals surface area (Å²) in [7, 11) is -3.18. The molecule has 2 fully saturated rings. The van der Waals surface area contributed by atoms with Gasteiger partial charge in [-0.3, -0.25) is 9.69 Å². The number of carbonyl (C=O) groups excluding carboxylic acids is 1. The predicted octanol–water partition coefficient (Wildman–Crippen LogP) is 4.69. The van der Waals surface area contributed by atoms with Crippen molar-refractivity contribution >= 4 is 38.2 Å². The molecule has 1 aromatic carbocycles. The zero-order chi connectivity index (χ0) is 25.6. The van der Waals surface area contributed by atoms with Crippen LogP contribution in [-0.2, 0) is 16.6 Å². The van der Waals surface area contributed by atoms with E-state index in [1.54, 1.807) is 28.6 Å². The molecule has 2 saturated heterocycles. The number of nitrogens with zero attached hydrogens (tertiary/aromatic N) is 3. The van der Waals surface area contributed by atoms with Crippen LogP contribution >= 0.6 is 11.3 Å². The third-order valence-electron chi connectivity index (χ3n) is 8.16. The first-order valence-corrected chi connectivity index (χ1v) is 15.4. The van der Waals surface area contributed by atoms with Crippen molar-refractivity contribution in [1.29, 1.82) is 0 Å². The van der Waals surface area contributed by atoms with Gasteiger partial charge in [0, 0.05) is 53.6 Å². The van der Waals surface area contributed by atoms with Gasteiger partial charge in [0.15, 0.2) is 0 Å². The van der Waals surface area contributed by atoms with Crippen LogP contribution in [0.4, 0.5) is 0 Å². The molecule has 2 aromatic heterocycles. The summed E-state index contributed by atoms with van der Waals surface area (Å²) in [6.45, 7) is 8.29. The number of fused-ring (bicyclic) bond motifs is 1. The zero-order valence-corrected chi connectivity index (χ0v) is 22.9. The minimum atomic E-state index is -3.18. The number of rotatable bonds is 7. The van der Waals surface area contributed by atoms with E-state index in [9.17, 15) is 13.2 Å². The number of nitrogens with two attached hydrogens (primary N) is 1. The van der Waals surface area contributed by atoms with Crippen LogP contribution in [0.25, 0.3) is 16.6 Å². The minimum absolute atomic E-state index is 0.133. The fraction of sp³-hybridized carbons (Fsp3) is 0.519. The van der Waals surface area contributed by atoms with Crippen LogP contribution in [0.15, 0.2) is 35.8 Å². The Labute approximate surface area is 217 Å². The van der Waals surface area contributed by atoms with Crippen molar-refractivity contribution in [2.24, 2.45) is 5.73 Å². The van der Waals surface area contributed by atoms with E-state index in [4.69, 9.17) is 5.73 Å². The average Bonchev–Trinajstić information content (AvgIpc) is 3.57. The third-order valence-corrected chi connectivity index (χ3v) is 11.0. The summed E-state index contributed by atoms with van der Waals surface area (Å²) in [5, 5.41) is 3.19. The Morgan fingerprint density at radius 1 is 1.11 bits per heavy atom. The first-order chi connectivity index (χ1) is 17.2. The molecule has 0 bridgehead atoms. The number of benzene rings is 1. The summed E-state index contributed by atoms with van der Waals surface area (Å²) in [5.41, 5.74) is 9.38. The van der Waals surface area contributed by atoms with Gasteiger partial charge in [-0.1, -0.05) is 12.1 Å². The molecule has 36 heavy (non-hydrogen) atoms. The largest absolute Gasteiger partial charge is 0.366 e. The minimum Gasteiger partial charge on any atom is -0.366 e. The number of amides is 1. The molecule has 0 saturated carbocycles. The summed E-state index contributed by atoms with van der Waals surface area (Å²) < 4.78 is 28.4. The summed E-state index contributed by atoms with van der Waals surface area (Å²) in [5.74, 6) is -0.0795. The normalized spacial score (nSPS) is 22.5. The van der Waals surface area contributed by atoms with Gasteiger partial charge in [-0.2, -0.15) is 0 Å². The fourth-order valence-corrected chi connectivity index (χ4v) is 7.98. The van der Waals surface area contributed by atoms with E-state index in [0.29, 0.717) is 30.7 Å². The lowest BCUT2D eigenvalue weighted by molar-refractivity contribution is 0.100. The van der Waals surface area contributed by atoms with Crippen LogP contribution in [0.2, 0.25) is 0 Å². The highest BCUT2D eigenvalue weighted by atomic mass is 32.2. The topological polar surface area (TPSA) is 88.6 Å². The lowest BCUT2D eigenvalue weighted by Gasteiger charge is -2.30. The van der Waals surface area contributed by atoms with Crippen LogP contribution in [0, 0.1) is 0 Å². The van der Waals surface area contributed by atoms with Gasteiger partial charge in [0.25, 0.3) is 5.91 Å². The Morgan fingerprint density at radius 3 is 2.44 bits per heavy atom. The lowest BCUT2D eigenvalue weighted by atomic mass is 9.89. The number of primary amides is 1. The third kappa shape index (κ3) is 4.62. The van der Waals surface area contributed by atoms with E-state index >= 15 is 0 Å². The molecule has 7 nitrogen and oxygen atoms in total. The second-order valence-electron chi connectivity index (χ2n) is 10.3. The van der Waals surface area contributed by atoms with Crippen LogP contribution in [0.1, 0.15) is 73.2 Å². The van der Waals surface area contributed by atoms with E-state index in [0.717, 1.165) is 41.5 Å². The van der Waals surface area contributed by atoms with Crippen LogP contribution in [-0.4, -0.2) is 59.0 Å². The van der Waals surface area contributed by atoms with Crippen molar-refractivity contribution < 1.29 is 13.2 Å². The van der Waals surface area contributed by atoms with Crippen molar-refractivity contribution in [3.8, 4) is 5.69 Å². The van der Waals surface area contributed by atoms with Crippen molar-refractivity contribution in [3.05, 3.63) is 51.8 Å². The molecular formula is C27H36N4O3S2. The number of carbonyl (C=O) groups is 1. The average molecular weight is 529 g/mol. The van der Waals surface area contributed by atoms with Crippen molar-refractivity contribution in [3.63, 3.8) is 0 Å². The molecule has 194 valence electrons. The van der Waals surface area contributed by atoms with Gasteiger partial charge in [0.1, 0.15) is 0 Å². The number of hydrogen-bond acceptors (Lipinski definition) is 5. The zero-order valence-electron chi connectivity index (χ0n) is 21.3. The van der Waals surface area contributed by atoms with Gasteiger partial charge >= 0.3 is 0 Å². The molecule has 0 aliphatic carbocycles. The Morgan fingerprint density at radius 2 is 1.81 bits per heavy atom. The number of piperidine rings is 1. The highest BCUT2D eigenvalue weighted by Gasteiger charge is 2.30. The Hall–Kier alpha value is -2.20. The second-order valence-corrected chi connectivity index (χ2v) is 13.6. The second kappa shape index (κ2) is 9.93. The molecule has 2 atom stereocenters. The molecule has 5 rings (SSSR count). The SMILES string of the molecule is CCS(=O)(=O)N1CCC(c2cn(-c3csc(CN4[C@H](C)CC[C@H]4C)c3)c3c(C(N)=O)cccc23)CC1. The smallest absolute Gasteiger partial charge is 0.250 e. The summed E-state index contributed by atoms with van der Waals surface area (Å²) in [6, 6.07) is 9.16. The van der Waals surface area contributed by atoms with Crippen LogP contribution < -0.4 is 5.73 Å². The molecule has 4 heterocycles. The monoisotopic (exact) mass is 528 g/mol. The number of sulfonamides is 1. The van der Waals surface area contributed by atoms with Gasteiger partial charge in [0.05, 0.1) is 22.5 Å². The number of aromatic nitrogens is 1. The molecule has 2 aliphatic rings. The number of likely N-dealkylation sites (tertiary alicyclic amines) is 1. The molecule has 0 unspecified atom stereocenters. The van der Waals surface area contributed by atoms with Gasteiger partial charge < -0.3 is 10.3 Å². The van der Waals surface area contributed by atoms with E-state index in [2.05, 4.69) is 47.0 Å². The van der Waals surface area contributed by atoms with Crippen molar-refractivity contribution in [1.82, 2.24) is 13.8 Å². The number of thiophene rings is 1. The van der Waals surface area contributed by atoms with Gasteiger partial charge in [-0.15, -0.1) is 11.3 Å². The molecule has 0 radical (unpaired) electrons. The Balaban J connectivity index is 1.50. The molecule has 0 spiro atoms. The van der Waals surface area contributed by atoms with Gasteiger partial charge in [-0.05, 0) is 70.1 Å². The molecule has 3 aromatic rings. The Bertz CT molecular complexity index is 1360. The molecular weight excluding hydrogens is 492 g/mol. The van der Waals surface area contributed by atoms with Gasteiger partial charge in [0.2, 0.25) is 10.0 Å². The first-order valence-electron chi connectivity index (χ1n) is 12.9. The maximum atomic E-state index is 12.4. The van der Waals surface area contributed by atoms with Crippen LogP contribution in [0.3, 0.4) is 0 Å². The fourth-order valence-electron chi connectivity index (χ4n) is 5.98. The quantitative estimate of drug-likeness (QED) is 0.482. The highest BCUT2D eigenvalue weighted by Crippen LogP contribution is 2.38. The van der Waals surface area contributed by atoms with E-state index in [1.807, 2.05) is 6.07 Å².